The van der Waals surface area contributed by atoms with E-state index in [2.05, 4.69) is 20.7 Å². The van der Waals surface area contributed by atoms with E-state index in [1.54, 1.807) is 47.4 Å². The van der Waals surface area contributed by atoms with E-state index in [-0.39, 0.29) is 18.7 Å². The van der Waals surface area contributed by atoms with Crippen molar-refractivity contribution in [1.82, 2.24) is 20.1 Å². The van der Waals surface area contributed by atoms with Crippen LogP contribution in [0.5, 0.6) is 0 Å². The summed E-state index contributed by atoms with van der Waals surface area (Å²) < 4.78 is 2.23. The van der Waals surface area contributed by atoms with Gasteiger partial charge in [0, 0.05) is 35.4 Å². The molecule has 6 aromatic rings. The second kappa shape index (κ2) is 12.6. The van der Waals surface area contributed by atoms with Crippen LogP contribution >= 0.6 is 22.9 Å². The van der Waals surface area contributed by atoms with Gasteiger partial charge in [-0.2, -0.15) is 5.10 Å². The number of aromatic amines is 1. The third-order valence-corrected chi connectivity index (χ3v) is 8.31. The molecule has 3 heterocycles. The predicted octanol–water partition coefficient (Wildman–Crippen LogP) is 6.34. The van der Waals surface area contributed by atoms with Crippen molar-refractivity contribution in [3.8, 4) is 16.3 Å². The Bertz CT molecular complexity index is 1980. The first-order valence-electron chi connectivity index (χ1n) is 13.7. The van der Waals surface area contributed by atoms with Gasteiger partial charge in [-0.25, -0.2) is 9.48 Å². The second-order valence-corrected chi connectivity index (χ2v) is 11.8. The number of hydrogen-bond donors (Lipinski definition) is 4. The number of rotatable bonds is 10. The smallest absolute Gasteiger partial charge is 0.326 e. The molecular weight excluding hydrogens is 598 g/mol. The highest BCUT2D eigenvalue weighted by Gasteiger charge is 2.23. The number of carboxylic acids is 1. The lowest BCUT2D eigenvalue weighted by molar-refractivity contribution is -0.141. The molecule has 2 amide bonds. The van der Waals surface area contributed by atoms with E-state index in [4.69, 9.17) is 11.6 Å². The summed E-state index contributed by atoms with van der Waals surface area (Å²) in [7, 11) is 0. The van der Waals surface area contributed by atoms with Gasteiger partial charge in [0.25, 0.3) is 5.91 Å². The van der Waals surface area contributed by atoms with Crippen LogP contribution in [0.25, 0.3) is 27.2 Å². The van der Waals surface area contributed by atoms with Gasteiger partial charge in [-0.15, -0.1) is 11.3 Å². The summed E-state index contributed by atoms with van der Waals surface area (Å²) in [5, 5.41) is 20.9. The fraction of sp³-hybridized carbons (Fsp3) is 0.0909. The molecule has 6 rings (SSSR count). The van der Waals surface area contributed by atoms with Gasteiger partial charge in [0.2, 0.25) is 5.91 Å². The quantitative estimate of drug-likeness (QED) is 0.141. The Labute approximate surface area is 261 Å². The number of H-pyrrole nitrogens is 1. The lowest BCUT2D eigenvalue weighted by Gasteiger charge is -2.15. The van der Waals surface area contributed by atoms with Crippen molar-refractivity contribution in [3.05, 3.63) is 124 Å². The van der Waals surface area contributed by atoms with E-state index in [0.29, 0.717) is 26.8 Å². The Morgan fingerprint density at radius 1 is 0.977 bits per heavy atom. The molecule has 9 nitrogen and oxygen atoms in total. The van der Waals surface area contributed by atoms with E-state index in [0.717, 1.165) is 27.0 Å². The maximum Gasteiger partial charge on any atom is 0.326 e. The summed E-state index contributed by atoms with van der Waals surface area (Å²) in [4.78, 5) is 42.3. The van der Waals surface area contributed by atoms with Crippen LogP contribution in [0, 0.1) is 0 Å². The molecule has 0 radical (unpaired) electrons. The number of nitrogens with one attached hydrogen (secondary N) is 3. The Balaban J connectivity index is 1.16. The van der Waals surface area contributed by atoms with Crippen molar-refractivity contribution in [2.75, 3.05) is 5.32 Å². The van der Waals surface area contributed by atoms with Crippen LogP contribution in [0.15, 0.2) is 103 Å². The van der Waals surface area contributed by atoms with Gasteiger partial charge in [-0.3, -0.25) is 9.59 Å². The minimum absolute atomic E-state index is 0.0632. The Hall–Kier alpha value is -5.19. The van der Waals surface area contributed by atoms with Crippen LogP contribution in [0.2, 0.25) is 4.34 Å². The topological polar surface area (TPSA) is 129 Å². The van der Waals surface area contributed by atoms with E-state index in [1.807, 2.05) is 60.7 Å². The van der Waals surface area contributed by atoms with Crippen LogP contribution < -0.4 is 10.6 Å². The van der Waals surface area contributed by atoms with Crippen molar-refractivity contribution < 1.29 is 19.5 Å². The second-order valence-electron chi connectivity index (χ2n) is 10.1. The number of hydrogen-bond acceptors (Lipinski definition) is 5. The molecule has 0 aliphatic carbocycles. The zero-order valence-electron chi connectivity index (χ0n) is 23.2. The molecule has 3 aromatic heterocycles. The highest BCUT2D eigenvalue weighted by atomic mass is 35.5. The lowest BCUT2D eigenvalue weighted by atomic mass is 10.0. The molecule has 0 unspecified atom stereocenters. The zero-order valence-corrected chi connectivity index (χ0v) is 24.7. The number of para-hydroxylation sites is 2. The van der Waals surface area contributed by atoms with Crippen LogP contribution in [-0.2, 0) is 22.4 Å². The van der Waals surface area contributed by atoms with Crippen LogP contribution in [-0.4, -0.2) is 43.7 Å². The molecule has 44 heavy (non-hydrogen) atoms. The van der Waals surface area contributed by atoms with Gasteiger partial charge in [0.1, 0.15) is 11.7 Å². The van der Waals surface area contributed by atoms with Gasteiger partial charge in [-0.05, 0) is 53.6 Å². The number of aromatic nitrogens is 3. The molecule has 11 heteroatoms. The summed E-state index contributed by atoms with van der Waals surface area (Å²) in [5.41, 5.74) is 4.45. The maximum absolute atomic E-state index is 13.5. The number of anilines is 1. The SMILES string of the molecule is O=C(Cc1cccc(NC(=O)c2cn(-c3ccccc3)nc2-c2ccc(Cl)s2)c1)N[C@@H](Cc1c[nH]c2ccccc12)C(=O)O. The summed E-state index contributed by atoms with van der Waals surface area (Å²) in [6, 6.07) is 26.4. The monoisotopic (exact) mass is 623 g/mol. The number of benzene rings is 3. The number of halogens is 1. The van der Waals surface area contributed by atoms with E-state index >= 15 is 0 Å². The Morgan fingerprint density at radius 3 is 2.55 bits per heavy atom. The molecule has 3 aromatic carbocycles. The zero-order chi connectivity index (χ0) is 30.6. The molecular formula is C33H26ClN5O4S. The summed E-state index contributed by atoms with van der Waals surface area (Å²) in [6.45, 7) is 0. The molecule has 4 N–H and O–H groups in total. The standard InChI is InChI=1S/C33H26ClN5O4S/c34-29-14-13-28(44-29)31-25(19-39(38-31)23-9-2-1-3-10-23)32(41)36-22-8-6-7-20(15-22)16-30(40)37-27(33(42)43)17-21-18-35-26-12-5-4-11-24(21)26/h1-15,18-19,27,35H,16-17H2,(H,36,41)(H,37,40)(H,42,43)/t27-/m0/s1. The molecule has 0 spiro atoms. The van der Waals surface area contributed by atoms with E-state index in [9.17, 15) is 19.5 Å². The molecule has 0 saturated carbocycles. The fourth-order valence-electron chi connectivity index (χ4n) is 4.99. The van der Waals surface area contributed by atoms with Crippen molar-refractivity contribution >= 4 is 57.3 Å². The third kappa shape index (κ3) is 6.41. The molecule has 1 atom stereocenters. The molecule has 0 bridgehead atoms. The first kappa shape index (κ1) is 28.9. The van der Waals surface area contributed by atoms with Crippen LogP contribution in [0.3, 0.4) is 0 Å². The van der Waals surface area contributed by atoms with Crippen molar-refractivity contribution in [3.63, 3.8) is 0 Å². The van der Waals surface area contributed by atoms with E-state index < -0.39 is 17.9 Å². The number of amides is 2. The molecule has 0 aliphatic rings. The van der Waals surface area contributed by atoms with Gasteiger partial charge in [0.15, 0.2) is 0 Å². The third-order valence-electron chi connectivity index (χ3n) is 7.07. The summed E-state index contributed by atoms with van der Waals surface area (Å²) in [5.74, 6) is -1.94. The summed E-state index contributed by atoms with van der Waals surface area (Å²) in [6.07, 6.45) is 3.51. The first-order chi connectivity index (χ1) is 21.3. The number of nitrogens with zero attached hydrogens (tertiary/aromatic N) is 2. The van der Waals surface area contributed by atoms with Gasteiger partial charge in [-0.1, -0.05) is 60.1 Å². The van der Waals surface area contributed by atoms with Gasteiger partial charge < -0.3 is 20.7 Å². The molecule has 0 aliphatic heterocycles. The largest absolute Gasteiger partial charge is 0.480 e. The number of thiophene rings is 1. The lowest BCUT2D eigenvalue weighted by Crippen LogP contribution is -2.43. The Morgan fingerprint density at radius 2 is 1.77 bits per heavy atom. The van der Waals surface area contributed by atoms with Crippen molar-refractivity contribution in [1.29, 1.82) is 0 Å². The minimum atomic E-state index is -1.12. The molecule has 0 saturated heterocycles. The number of aliphatic carboxylic acids is 1. The average molecular weight is 624 g/mol. The average Bonchev–Trinajstić information content (AvgIpc) is 3.76. The normalized spacial score (nSPS) is 11.8. The highest BCUT2D eigenvalue weighted by Crippen LogP contribution is 2.33. The Kier molecular flexibility index (Phi) is 8.27. The highest BCUT2D eigenvalue weighted by molar-refractivity contribution is 7.19. The van der Waals surface area contributed by atoms with Crippen molar-refractivity contribution in [2.45, 2.75) is 18.9 Å². The predicted molar refractivity (Wildman–Crippen MR) is 172 cm³/mol. The first-order valence-corrected chi connectivity index (χ1v) is 14.9. The minimum Gasteiger partial charge on any atom is -0.480 e. The molecule has 0 fully saturated rings. The van der Waals surface area contributed by atoms with E-state index in [1.165, 1.54) is 11.3 Å². The number of carbonyl (C=O) groups excluding carboxylic acids is 2. The van der Waals surface area contributed by atoms with Crippen LogP contribution in [0.4, 0.5) is 5.69 Å². The van der Waals surface area contributed by atoms with Crippen LogP contribution in [0.1, 0.15) is 21.5 Å². The van der Waals surface area contributed by atoms with Gasteiger partial charge in [0.05, 0.1) is 26.9 Å². The molecule has 220 valence electrons. The van der Waals surface area contributed by atoms with Crippen molar-refractivity contribution in [2.24, 2.45) is 0 Å². The number of carbonyl (C=O) groups is 3. The number of carboxylic acid groups (broad SMARTS) is 1. The summed E-state index contributed by atoms with van der Waals surface area (Å²) >= 11 is 7.50. The maximum atomic E-state index is 13.5. The fourth-order valence-corrected chi connectivity index (χ4v) is 6.03. The van der Waals surface area contributed by atoms with Gasteiger partial charge >= 0.3 is 5.97 Å². The number of fused-ring (bicyclic) bond motifs is 1.